The minimum Gasteiger partial charge on any atom is -0.493 e. The van der Waals surface area contributed by atoms with Gasteiger partial charge in [-0.1, -0.05) is 12.1 Å². The van der Waals surface area contributed by atoms with E-state index in [0.29, 0.717) is 42.8 Å². The first-order valence-electron chi connectivity index (χ1n) is 10.3. The molecule has 0 fully saturated rings. The molecule has 0 saturated carbocycles. The number of amides is 3. The molecule has 0 atom stereocenters. The van der Waals surface area contributed by atoms with E-state index in [0.717, 1.165) is 23.4 Å². The fourth-order valence-corrected chi connectivity index (χ4v) is 3.88. The molecule has 0 saturated heterocycles. The van der Waals surface area contributed by atoms with Gasteiger partial charge in [-0.2, -0.15) is 13.2 Å². The average molecular weight is 445 g/mol. The Morgan fingerprint density at radius 3 is 2.81 bits per heavy atom. The van der Waals surface area contributed by atoms with Gasteiger partial charge in [-0.05, 0) is 55.2 Å². The zero-order chi connectivity index (χ0) is 22.9. The number of nitrogens with one attached hydrogen (secondary N) is 2. The smallest absolute Gasteiger partial charge is 0.416 e. The molecule has 0 aromatic heterocycles. The third kappa shape index (κ3) is 4.42. The van der Waals surface area contributed by atoms with Crippen LogP contribution in [0.5, 0.6) is 5.75 Å². The van der Waals surface area contributed by atoms with Crippen LogP contribution in [0.2, 0.25) is 0 Å². The maximum atomic E-state index is 13.0. The molecule has 2 aromatic carbocycles. The first-order chi connectivity index (χ1) is 15.3. The number of anilines is 2. The van der Waals surface area contributed by atoms with E-state index in [2.05, 4.69) is 10.6 Å². The van der Waals surface area contributed by atoms with E-state index in [1.807, 2.05) is 13.0 Å². The van der Waals surface area contributed by atoms with E-state index < -0.39 is 17.6 Å². The van der Waals surface area contributed by atoms with Crippen LogP contribution < -0.4 is 20.3 Å². The number of fused-ring (bicyclic) bond motifs is 2. The second kappa shape index (κ2) is 8.57. The number of nitrogens with zero attached hydrogens (tertiary/aromatic N) is 1. The van der Waals surface area contributed by atoms with Crippen molar-refractivity contribution in [3.05, 3.63) is 59.2 Å². The summed E-state index contributed by atoms with van der Waals surface area (Å²) in [5.41, 5.74) is 2.49. The third-order valence-corrected chi connectivity index (χ3v) is 5.44. The number of carbonyl (C=O) groups excluding carboxylic acids is 2. The number of carbonyl (C=O) groups is 2. The summed E-state index contributed by atoms with van der Waals surface area (Å²) < 4.78 is 44.6. The number of allylic oxidation sites excluding steroid dienone is 1. The molecule has 9 heteroatoms. The summed E-state index contributed by atoms with van der Waals surface area (Å²) in [5, 5.41) is 5.58. The van der Waals surface area contributed by atoms with Crippen LogP contribution in [-0.4, -0.2) is 25.1 Å². The Hall–Kier alpha value is -3.49. The Morgan fingerprint density at radius 1 is 1.25 bits per heavy atom. The molecule has 0 aliphatic carbocycles. The van der Waals surface area contributed by atoms with Crippen LogP contribution in [0.4, 0.5) is 29.3 Å². The summed E-state index contributed by atoms with van der Waals surface area (Å²) in [4.78, 5) is 26.4. The predicted molar refractivity (Wildman–Crippen MR) is 114 cm³/mol. The molecule has 32 heavy (non-hydrogen) atoms. The van der Waals surface area contributed by atoms with Crippen molar-refractivity contribution in [2.75, 3.05) is 23.4 Å². The SMILES string of the molecule is CCN1C(=O)NCc2ccc(NC(=O)/C=C3\CCCOc4cc(C(F)(F)F)ccc43)cc21. The van der Waals surface area contributed by atoms with E-state index in [4.69, 9.17) is 4.74 Å². The lowest BCUT2D eigenvalue weighted by Crippen LogP contribution is -2.44. The van der Waals surface area contributed by atoms with Crippen molar-refractivity contribution in [1.82, 2.24) is 5.32 Å². The van der Waals surface area contributed by atoms with Crippen LogP contribution in [0.15, 0.2) is 42.5 Å². The number of hydrogen-bond donors (Lipinski definition) is 2. The van der Waals surface area contributed by atoms with Crippen LogP contribution in [0, 0.1) is 0 Å². The summed E-state index contributed by atoms with van der Waals surface area (Å²) >= 11 is 0. The van der Waals surface area contributed by atoms with Gasteiger partial charge in [0, 0.05) is 30.4 Å². The minimum absolute atomic E-state index is 0.120. The van der Waals surface area contributed by atoms with Gasteiger partial charge in [0.2, 0.25) is 5.91 Å². The van der Waals surface area contributed by atoms with Gasteiger partial charge < -0.3 is 15.4 Å². The van der Waals surface area contributed by atoms with Crippen LogP contribution in [-0.2, 0) is 17.5 Å². The molecule has 0 spiro atoms. The van der Waals surface area contributed by atoms with E-state index in [1.54, 1.807) is 17.0 Å². The molecule has 4 rings (SSSR count). The minimum atomic E-state index is -4.47. The monoisotopic (exact) mass is 445 g/mol. The number of hydrogen-bond acceptors (Lipinski definition) is 3. The molecule has 2 aliphatic rings. The molecule has 2 heterocycles. The zero-order valence-corrected chi connectivity index (χ0v) is 17.4. The standard InChI is InChI=1S/C23H22F3N3O3/c1-2-29-19-12-17(7-5-15(19)13-27-22(29)31)28-21(30)10-14-4-3-9-32-20-11-16(23(24,25)26)6-8-18(14)20/h5-8,10-12H,2-4,9,13H2,1H3,(H,27,31)(H,28,30)/b14-10+. The first-order valence-corrected chi connectivity index (χ1v) is 10.3. The van der Waals surface area contributed by atoms with Crippen LogP contribution in [0.1, 0.15) is 36.5 Å². The molecule has 2 aromatic rings. The van der Waals surface area contributed by atoms with Crippen molar-refractivity contribution in [3.8, 4) is 5.75 Å². The van der Waals surface area contributed by atoms with E-state index >= 15 is 0 Å². The summed E-state index contributed by atoms with van der Waals surface area (Å²) in [6, 6.07) is 8.45. The van der Waals surface area contributed by atoms with E-state index in [9.17, 15) is 22.8 Å². The molecule has 0 bridgehead atoms. The first kappa shape index (κ1) is 21.7. The highest BCUT2D eigenvalue weighted by Gasteiger charge is 2.32. The van der Waals surface area contributed by atoms with Crippen LogP contribution >= 0.6 is 0 Å². The second-order valence-electron chi connectivity index (χ2n) is 7.57. The lowest BCUT2D eigenvalue weighted by Gasteiger charge is -2.29. The Balaban J connectivity index is 1.58. The number of benzene rings is 2. The van der Waals surface area contributed by atoms with E-state index in [1.165, 1.54) is 12.1 Å². The fraction of sp³-hybridized carbons (Fsp3) is 0.304. The van der Waals surface area contributed by atoms with E-state index in [-0.39, 0.29) is 18.4 Å². The van der Waals surface area contributed by atoms with Gasteiger partial charge in [-0.15, -0.1) is 0 Å². The molecule has 0 unspecified atom stereocenters. The number of urea groups is 1. The van der Waals surface area contributed by atoms with Gasteiger partial charge in [0.1, 0.15) is 5.75 Å². The van der Waals surface area contributed by atoms with Crippen molar-refractivity contribution in [2.45, 2.75) is 32.5 Å². The molecule has 2 aliphatic heterocycles. The highest BCUT2D eigenvalue weighted by Crippen LogP contribution is 2.38. The summed E-state index contributed by atoms with van der Waals surface area (Å²) in [5.74, 6) is -0.286. The van der Waals surface area contributed by atoms with Crippen molar-refractivity contribution in [1.29, 1.82) is 0 Å². The normalized spacial score (nSPS) is 17.1. The van der Waals surface area contributed by atoms with Crippen LogP contribution in [0.25, 0.3) is 5.57 Å². The Bertz CT molecular complexity index is 1100. The molecular formula is C23H22F3N3O3. The largest absolute Gasteiger partial charge is 0.493 e. The highest BCUT2D eigenvalue weighted by atomic mass is 19.4. The molecule has 3 amide bonds. The van der Waals surface area contributed by atoms with Crippen LogP contribution in [0.3, 0.4) is 0 Å². The number of alkyl halides is 3. The second-order valence-corrected chi connectivity index (χ2v) is 7.57. The fourth-order valence-electron chi connectivity index (χ4n) is 3.88. The summed E-state index contributed by atoms with van der Waals surface area (Å²) in [7, 11) is 0. The van der Waals surface area contributed by atoms with Gasteiger partial charge in [0.25, 0.3) is 0 Å². The topological polar surface area (TPSA) is 70.7 Å². The maximum Gasteiger partial charge on any atom is 0.416 e. The molecule has 168 valence electrons. The molecule has 0 radical (unpaired) electrons. The van der Waals surface area contributed by atoms with Gasteiger partial charge in [-0.25, -0.2) is 4.79 Å². The third-order valence-electron chi connectivity index (χ3n) is 5.44. The van der Waals surface area contributed by atoms with Gasteiger partial charge in [0.05, 0.1) is 17.9 Å². The van der Waals surface area contributed by atoms with Gasteiger partial charge >= 0.3 is 12.2 Å². The number of halogens is 3. The Kier molecular flexibility index (Phi) is 5.82. The lowest BCUT2D eigenvalue weighted by atomic mass is 9.99. The van der Waals surface area contributed by atoms with Gasteiger partial charge in [-0.3, -0.25) is 9.69 Å². The van der Waals surface area contributed by atoms with Crippen molar-refractivity contribution < 1.29 is 27.5 Å². The van der Waals surface area contributed by atoms with Crippen molar-refractivity contribution in [3.63, 3.8) is 0 Å². The maximum absolute atomic E-state index is 13.0. The average Bonchev–Trinajstić information content (AvgIpc) is 2.94. The highest BCUT2D eigenvalue weighted by molar-refractivity contribution is 6.05. The van der Waals surface area contributed by atoms with Gasteiger partial charge in [0.15, 0.2) is 0 Å². The van der Waals surface area contributed by atoms with Crippen molar-refractivity contribution in [2.24, 2.45) is 0 Å². The number of rotatable bonds is 3. The number of ether oxygens (including phenoxy) is 1. The Labute approximate surface area is 183 Å². The zero-order valence-electron chi connectivity index (χ0n) is 17.4. The summed E-state index contributed by atoms with van der Waals surface area (Å²) in [6.07, 6.45) is -2.00. The molecule has 2 N–H and O–H groups in total. The lowest BCUT2D eigenvalue weighted by molar-refractivity contribution is -0.137. The molecule has 6 nitrogen and oxygen atoms in total. The quantitative estimate of drug-likeness (QED) is 0.657. The Morgan fingerprint density at radius 2 is 2.06 bits per heavy atom. The summed E-state index contributed by atoms with van der Waals surface area (Å²) in [6.45, 7) is 3.03. The molecular weight excluding hydrogens is 423 g/mol. The predicted octanol–water partition coefficient (Wildman–Crippen LogP) is 4.95. The van der Waals surface area contributed by atoms with Crippen molar-refractivity contribution >= 4 is 28.9 Å².